The summed E-state index contributed by atoms with van der Waals surface area (Å²) >= 11 is 12.6. The molecule has 0 fully saturated rings. The molecule has 0 saturated carbocycles. The van der Waals surface area contributed by atoms with E-state index in [1.54, 1.807) is 7.11 Å². The van der Waals surface area contributed by atoms with E-state index in [2.05, 4.69) is 10.3 Å². The first kappa shape index (κ1) is 15.8. The molecule has 1 atom stereocenters. The highest BCUT2D eigenvalue weighted by Crippen LogP contribution is 2.39. The van der Waals surface area contributed by atoms with Gasteiger partial charge >= 0.3 is 0 Å². The topological polar surface area (TPSA) is 37.0 Å². The van der Waals surface area contributed by atoms with Crippen molar-refractivity contribution in [3.63, 3.8) is 0 Å². The van der Waals surface area contributed by atoms with Crippen LogP contribution in [0, 0.1) is 6.92 Å². The number of fused-ring (bicyclic) bond motifs is 3. The molecule has 4 rings (SSSR count). The first-order valence-corrected chi connectivity index (χ1v) is 8.71. The standard InChI is InChI=1S/C19H18Cl2N2O/c1-10-7-17(24-2)14(9-15(10)21)18-19-12(5-6-22-18)13-8-11(20)3-4-16(13)23-19/h3-4,7-9,18,22-23H,5-6H2,1-2H3. The second-order valence-electron chi connectivity index (χ2n) is 6.19. The highest BCUT2D eigenvalue weighted by Gasteiger charge is 2.28. The van der Waals surface area contributed by atoms with Gasteiger partial charge < -0.3 is 15.0 Å². The number of hydrogen-bond donors (Lipinski definition) is 2. The van der Waals surface area contributed by atoms with Crippen molar-refractivity contribution in [2.24, 2.45) is 0 Å². The molecule has 2 heterocycles. The van der Waals surface area contributed by atoms with E-state index in [9.17, 15) is 0 Å². The first-order chi connectivity index (χ1) is 11.6. The van der Waals surface area contributed by atoms with Gasteiger partial charge in [0.25, 0.3) is 0 Å². The van der Waals surface area contributed by atoms with Crippen molar-refractivity contribution in [1.82, 2.24) is 10.3 Å². The lowest BCUT2D eigenvalue weighted by Crippen LogP contribution is -2.30. The van der Waals surface area contributed by atoms with Gasteiger partial charge in [-0.05, 0) is 54.8 Å². The van der Waals surface area contributed by atoms with Crippen LogP contribution in [0.1, 0.15) is 28.4 Å². The van der Waals surface area contributed by atoms with Crippen LogP contribution in [0.3, 0.4) is 0 Å². The molecule has 0 spiro atoms. The molecule has 2 N–H and O–H groups in total. The summed E-state index contributed by atoms with van der Waals surface area (Å²) in [5.74, 6) is 0.846. The third-order valence-electron chi connectivity index (χ3n) is 4.74. The van der Waals surface area contributed by atoms with E-state index >= 15 is 0 Å². The van der Waals surface area contributed by atoms with Crippen LogP contribution in [0.15, 0.2) is 30.3 Å². The maximum Gasteiger partial charge on any atom is 0.124 e. The van der Waals surface area contributed by atoms with Gasteiger partial charge in [-0.2, -0.15) is 0 Å². The van der Waals surface area contributed by atoms with Crippen LogP contribution in [0.4, 0.5) is 0 Å². The maximum absolute atomic E-state index is 6.38. The van der Waals surface area contributed by atoms with Crippen LogP contribution in [0.2, 0.25) is 10.0 Å². The molecule has 5 heteroatoms. The molecule has 24 heavy (non-hydrogen) atoms. The summed E-state index contributed by atoms with van der Waals surface area (Å²) in [6.45, 7) is 2.88. The molecule has 0 aliphatic carbocycles. The number of halogens is 2. The molecule has 0 bridgehead atoms. The number of aromatic amines is 1. The molecule has 0 saturated heterocycles. The Hall–Kier alpha value is -1.68. The zero-order chi connectivity index (χ0) is 16.8. The molecule has 0 amide bonds. The Morgan fingerprint density at radius 2 is 2.00 bits per heavy atom. The average molecular weight is 361 g/mol. The summed E-state index contributed by atoms with van der Waals surface area (Å²) in [7, 11) is 1.70. The molecular weight excluding hydrogens is 343 g/mol. The molecule has 2 aromatic carbocycles. The summed E-state index contributed by atoms with van der Waals surface area (Å²) in [6, 6.07) is 10.00. The average Bonchev–Trinajstić information content (AvgIpc) is 2.95. The van der Waals surface area contributed by atoms with Crippen molar-refractivity contribution >= 4 is 34.1 Å². The summed E-state index contributed by atoms with van der Waals surface area (Å²) in [5, 5.41) is 6.29. The summed E-state index contributed by atoms with van der Waals surface area (Å²) in [4.78, 5) is 3.56. The lowest BCUT2D eigenvalue weighted by Gasteiger charge is -2.26. The van der Waals surface area contributed by atoms with Crippen molar-refractivity contribution in [3.05, 3.63) is 62.8 Å². The van der Waals surface area contributed by atoms with Crippen LogP contribution < -0.4 is 10.1 Å². The Morgan fingerprint density at radius 1 is 1.17 bits per heavy atom. The predicted octanol–water partition coefficient (Wildman–Crippen LogP) is 5.03. The number of nitrogens with one attached hydrogen (secondary N) is 2. The fourth-order valence-corrected chi connectivity index (χ4v) is 3.88. The van der Waals surface area contributed by atoms with Crippen LogP contribution in [0.25, 0.3) is 10.9 Å². The van der Waals surface area contributed by atoms with E-state index in [1.165, 1.54) is 10.9 Å². The quantitative estimate of drug-likeness (QED) is 0.672. The predicted molar refractivity (Wildman–Crippen MR) is 99.6 cm³/mol. The Bertz CT molecular complexity index is 933. The van der Waals surface area contributed by atoms with Gasteiger partial charge in [0.2, 0.25) is 0 Å². The zero-order valence-electron chi connectivity index (χ0n) is 13.5. The summed E-state index contributed by atoms with van der Waals surface area (Å²) in [6.07, 6.45) is 0.966. The number of H-pyrrole nitrogens is 1. The van der Waals surface area contributed by atoms with Crippen molar-refractivity contribution in [2.45, 2.75) is 19.4 Å². The van der Waals surface area contributed by atoms with E-state index in [-0.39, 0.29) is 6.04 Å². The third-order valence-corrected chi connectivity index (χ3v) is 5.38. The van der Waals surface area contributed by atoms with Gasteiger partial charge in [-0.3, -0.25) is 0 Å². The highest BCUT2D eigenvalue weighted by atomic mass is 35.5. The smallest absolute Gasteiger partial charge is 0.124 e. The normalized spacial score (nSPS) is 17.1. The number of hydrogen-bond acceptors (Lipinski definition) is 2. The number of methoxy groups -OCH3 is 1. The molecule has 0 radical (unpaired) electrons. The van der Waals surface area contributed by atoms with Gasteiger partial charge in [0.05, 0.1) is 13.2 Å². The number of rotatable bonds is 2. The van der Waals surface area contributed by atoms with E-state index < -0.39 is 0 Å². The maximum atomic E-state index is 6.38. The van der Waals surface area contributed by atoms with Crippen molar-refractivity contribution in [3.8, 4) is 5.75 Å². The number of ether oxygens (including phenoxy) is 1. The fourth-order valence-electron chi connectivity index (χ4n) is 3.54. The lowest BCUT2D eigenvalue weighted by molar-refractivity contribution is 0.401. The van der Waals surface area contributed by atoms with Crippen LogP contribution in [-0.2, 0) is 6.42 Å². The van der Waals surface area contributed by atoms with Crippen molar-refractivity contribution < 1.29 is 4.74 Å². The second kappa shape index (κ2) is 5.99. The van der Waals surface area contributed by atoms with Crippen molar-refractivity contribution in [1.29, 1.82) is 0 Å². The van der Waals surface area contributed by atoms with Gasteiger partial charge in [0.15, 0.2) is 0 Å². The molecule has 3 nitrogen and oxygen atoms in total. The minimum Gasteiger partial charge on any atom is -0.496 e. The number of aryl methyl sites for hydroxylation is 1. The minimum absolute atomic E-state index is 0.0213. The Labute approximate surface area is 150 Å². The monoisotopic (exact) mass is 360 g/mol. The van der Waals surface area contributed by atoms with E-state index in [0.29, 0.717) is 0 Å². The fraction of sp³-hybridized carbons (Fsp3) is 0.263. The van der Waals surface area contributed by atoms with Crippen LogP contribution in [0.5, 0.6) is 5.75 Å². The van der Waals surface area contributed by atoms with Gasteiger partial charge in [0.1, 0.15) is 5.75 Å². The molecule has 1 aliphatic heterocycles. The van der Waals surface area contributed by atoms with Crippen molar-refractivity contribution in [2.75, 3.05) is 13.7 Å². The second-order valence-corrected chi connectivity index (χ2v) is 7.03. The summed E-state index contributed by atoms with van der Waals surface area (Å²) < 4.78 is 5.61. The molecule has 1 unspecified atom stereocenters. The SMILES string of the molecule is COc1cc(C)c(Cl)cc1C1NCCc2c1[nH]c1ccc(Cl)cc21. The first-order valence-electron chi connectivity index (χ1n) is 7.96. The molecular formula is C19H18Cl2N2O. The summed E-state index contributed by atoms with van der Waals surface area (Å²) in [5.41, 5.74) is 5.64. The molecule has 1 aliphatic rings. The van der Waals surface area contributed by atoms with Crippen LogP contribution >= 0.6 is 23.2 Å². The van der Waals surface area contributed by atoms with Crippen LogP contribution in [-0.4, -0.2) is 18.6 Å². The minimum atomic E-state index is 0.0213. The van der Waals surface area contributed by atoms with Gasteiger partial charge in [-0.1, -0.05) is 23.2 Å². The highest BCUT2D eigenvalue weighted by molar-refractivity contribution is 6.31. The van der Waals surface area contributed by atoms with E-state index in [1.807, 2.05) is 37.3 Å². The lowest BCUT2D eigenvalue weighted by atomic mass is 9.93. The van der Waals surface area contributed by atoms with Gasteiger partial charge in [-0.25, -0.2) is 0 Å². The Balaban J connectivity index is 1.91. The zero-order valence-corrected chi connectivity index (χ0v) is 15.1. The third kappa shape index (κ3) is 2.48. The number of benzene rings is 2. The number of aromatic nitrogens is 1. The molecule has 1 aromatic heterocycles. The Kier molecular flexibility index (Phi) is 3.95. The largest absolute Gasteiger partial charge is 0.496 e. The molecule has 124 valence electrons. The van der Waals surface area contributed by atoms with Gasteiger partial charge in [-0.15, -0.1) is 0 Å². The molecule has 3 aromatic rings. The van der Waals surface area contributed by atoms with E-state index in [4.69, 9.17) is 27.9 Å². The Morgan fingerprint density at radius 3 is 2.79 bits per heavy atom. The van der Waals surface area contributed by atoms with E-state index in [0.717, 1.165) is 51.1 Å². The van der Waals surface area contributed by atoms with Gasteiger partial charge in [0, 0.05) is 38.8 Å².